The lowest BCUT2D eigenvalue weighted by Gasteiger charge is -2.20. The van der Waals surface area contributed by atoms with Crippen molar-refractivity contribution < 1.29 is 4.79 Å². The lowest BCUT2D eigenvalue weighted by atomic mass is 10.3. The molecule has 0 spiro atoms. The number of carbonyl (C=O) groups excluding carboxylic acids is 1. The first kappa shape index (κ1) is 16.9. The number of amides is 1. The van der Waals surface area contributed by atoms with Crippen LogP contribution in [-0.2, 0) is 17.9 Å². The first-order valence-corrected chi connectivity index (χ1v) is 8.39. The van der Waals surface area contributed by atoms with Crippen molar-refractivity contribution >= 4 is 17.5 Å². The molecule has 8 heteroatoms. The van der Waals surface area contributed by atoms with Gasteiger partial charge in [0.25, 0.3) is 0 Å². The second-order valence-electron chi connectivity index (χ2n) is 5.77. The van der Waals surface area contributed by atoms with Crippen LogP contribution in [-0.4, -0.2) is 44.8 Å². The normalized spacial score (nSPS) is 13.0. The summed E-state index contributed by atoms with van der Waals surface area (Å²) in [6.45, 7) is 5.55. The van der Waals surface area contributed by atoms with Crippen LogP contribution in [0.4, 0.5) is 11.6 Å². The fourth-order valence-electron chi connectivity index (χ4n) is 2.99. The predicted octanol–water partition coefficient (Wildman–Crippen LogP) is 0.425. The molecule has 3 rings (SSSR count). The van der Waals surface area contributed by atoms with E-state index in [2.05, 4.69) is 5.10 Å². The first-order chi connectivity index (χ1) is 12.1. The summed E-state index contributed by atoms with van der Waals surface area (Å²) in [5.74, 6) is 0.163. The molecule has 1 aromatic heterocycles. The molecule has 2 heterocycles. The van der Waals surface area contributed by atoms with E-state index in [-0.39, 0.29) is 12.5 Å². The Kier molecular flexibility index (Phi) is 4.69. The van der Waals surface area contributed by atoms with E-state index < -0.39 is 11.1 Å². The van der Waals surface area contributed by atoms with Gasteiger partial charge in [0.15, 0.2) is 0 Å². The third-order valence-corrected chi connectivity index (χ3v) is 4.37. The van der Waals surface area contributed by atoms with Gasteiger partial charge in [-0.1, -0.05) is 18.2 Å². The molecule has 0 saturated heterocycles. The Morgan fingerprint density at radius 1 is 1.08 bits per heavy atom. The van der Waals surface area contributed by atoms with Gasteiger partial charge in [-0.3, -0.25) is 19.0 Å². The molecule has 0 unspecified atom stereocenters. The molecule has 1 aromatic carbocycles. The lowest BCUT2D eigenvalue weighted by molar-refractivity contribution is -0.131. The molecule has 132 valence electrons. The maximum absolute atomic E-state index is 12.4. The molecule has 0 atom stereocenters. The Labute approximate surface area is 144 Å². The number of fused-ring (bicyclic) bond motifs is 1. The largest absolute Gasteiger partial charge is 0.342 e. The maximum Gasteiger partial charge on any atom is 0.333 e. The highest BCUT2D eigenvalue weighted by Gasteiger charge is 2.26. The van der Waals surface area contributed by atoms with E-state index in [0.717, 1.165) is 10.4 Å². The molecule has 2 aromatic rings. The number of rotatable bonds is 5. The summed E-state index contributed by atoms with van der Waals surface area (Å²) in [4.78, 5) is 40.4. The molecule has 0 N–H and O–H groups in total. The topological polar surface area (TPSA) is 80.4 Å². The van der Waals surface area contributed by atoms with Crippen molar-refractivity contribution in [1.29, 1.82) is 0 Å². The Morgan fingerprint density at radius 3 is 2.40 bits per heavy atom. The number of nitrogens with zero attached hydrogens (tertiary/aromatic N) is 5. The lowest BCUT2D eigenvalue weighted by Crippen LogP contribution is -2.45. The fourth-order valence-corrected chi connectivity index (χ4v) is 2.99. The van der Waals surface area contributed by atoms with E-state index in [1.165, 1.54) is 4.57 Å². The van der Waals surface area contributed by atoms with Gasteiger partial charge in [0, 0.05) is 31.9 Å². The van der Waals surface area contributed by atoms with Crippen molar-refractivity contribution in [2.45, 2.75) is 26.9 Å². The molecular weight excluding hydrogens is 322 g/mol. The Hall–Kier alpha value is -2.90. The molecule has 0 radical (unpaired) electrons. The minimum Gasteiger partial charge on any atom is -0.342 e. The van der Waals surface area contributed by atoms with Crippen LogP contribution in [0.25, 0.3) is 0 Å². The SMILES string of the molecule is CCN(CC)C(=O)Cn1nc2n(c(=O)c1=O)CCN2c1ccccc1. The number of hydrogen-bond donors (Lipinski definition) is 0. The van der Waals surface area contributed by atoms with Crippen molar-refractivity contribution in [3.05, 3.63) is 51.0 Å². The third-order valence-electron chi connectivity index (χ3n) is 4.37. The van der Waals surface area contributed by atoms with Gasteiger partial charge in [0.1, 0.15) is 6.54 Å². The molecular formula is C17H21N5O3. The molecule has 1 aliphatic heterocycles. The number of aromatic nitrogens is 3. The number of anilines is 2. The van der Waals surface area contributed by atoms with Crippen LogP contribution >= 0.6 is 0 Å². The van der Waals surface area contributed by atoms with Gasteiger partial charge in [0.05, 0.1) is 0 Å². The molecule has 1 aliphatic rings. The van der Waals surface area contributed by atoms with Gasteiger partial charge in [-0.2, -0.15) is 0 Å². The van der Waals surface area contributed by atoms with Crippen LogP contribution in [0.15, 0.2) is 39.9 Å². The molecule has 0 fully saturated rings. The number of carbonyl (C=O) groups is 1. The zero-order valence-electron chi connectivity index (χ0n) is 14.4. The average molecular weight is 343 g/mol. The summed E-state index contributed by atoms with van der Waals surface area (Å²) in [5.41, 5.74) is -0.518. The van der Waals surface area contributed by atoms with E-state index in [1.807, 2.05) is 49.1 Å². The Bertz CT molecular complexity index is 883. The van der Waals surface area contributed by atoms with Gasteiger partial charge < -0.3 is 9.80 Å². The van der Waals surface area contributed by atoms with Crippen molar-refractivity contribution in [3.63, 3.8) is 0 Å². The van der Waals surface area contributed by atoms with Crippen molar-refractivity contribution in [1.82, 2.24) is 19.2 Å². The Morgan fingerprint density at radius 2 is 1.76 bits per heavy atom. The van der Waals surface area contributed by atoms with Crippen LogP contribution in [0.5, 0.6) is 0 Å². The zero-order chi connectivity index (χ0) is 18.0. The molecule has 0 aliphatic carbocycles. The van der Waals surface area contributed by atoms with E-state index in [0.29, 0.717) is 32.1 Å². The van der Waals surface area contributed by atoms with Crippen molar-refractivity contribution in [2.75, 3.05) is 24.5 Å². The van der Waals surface area contributed by atoms with Gasteiger partial charge in [-0.25, -0.2) is 4.68 Å². The van der Waals surface area contributed by atoms with E-state index in [1.54, 1.807) is 4.90 Å². The molecule has 0 saturated carbocycles. The molecule has 25 heavy (non-hydrogen) atoms. The summed E-state index contributed by atoms with van der Waals surface area (Å²) in [6.07, 6.45) is 0. The average Bonchev–Trinajstić information content (AvgIpc) is 3.05. The molecule has 1 amide bonds. The number of para-hydroxylation sites is 1. The molecule has 0 bridgehead atoms. The van der Waals surface area contributed by atoms with Gasteiger partial charge >= 0.3 is 11.1 Å². The van der Waals surface area contributed by atoms with E-state index in [4.69, 9.17) is 0 Å². The van der Waals surface area contributed by atoms with Crippen LogP contribution in [0.3, 0.4) is 0 Å². The minimum atomic E-state index is -0.765. The monoisotopic (exact) mass is 343 g/mol. The summed E-state index contributed by atoms with van der Waals surface area (Å²) < 4.78 is 2.35. The highest BCUT2D eigenvalue weighted by molar-refractivity contribution is 5.75. The second kappa shape index (κ2) is 6.92. The third kappa shape index (κ3) is 3.07. The van der Waals surface area contributed by atoms with Crippen LogP contribution < -0.4 is 16.0 Å². The van der Waals surface area contributed by atoms with E-state index >= 15 is 0 Å². The summed E-state index contributed by atoms with van der Waals surface area (Å²) in [7, 11) is 0. The smallest absolute Gasteiger partial charge is 0.333 e. The second-order valence-corrected chi connectivity index (χ2v) is 5.77. The van der Waals surface area contributed by atoms with Gasteiger partial charge in [-0.15, -0.1) is 5.10 Å². The summed E-state index contributed by atoms with van der Waals surface area (Å²) in [6, 6.07) is 9.53. The Balaban J connectivity index is 2.00. The van der Waals surface area contributed by atoms with Gasteiger partial charge in [0.2, 0.25) is 11.9 Å². The predicted molar refractivity (Wildman–Crippen MR) is 94.1 cm³/mol. The van der Waals surface area contributed by atoms with E-state index in [9.17, 15) is 14.4 Å². The highest BCUT2D eigenvalue weighted by Crippen LogP contribution is 2.25. The summed E-state index contributed by atoms with van der Waals surface area (Å²) in [5, 5.41) is 4.31. The first-order valence-electron chi connectivity index (χ1n) is 8.39. The molecule has 8 nitrogen and oxygen atoms in total. The van der Waals surface area contributed by atoms with Crippen LogP contribution in [0, 0.1) is 0 Å². The number of likely N-dealkylation sites (N-methyl/N-ethyl adjacent to an activating group) is 1. The quantitative estimate of drug-likeness (QED) is 0.735. The van der Waals surface area contributed by atoms with Crippen LogP contribution in [0.2, 0.25) is 0 Å². The summed E-state index contributed by atoms with van der Waals surface area (Å²) >= 11 is 0. The number of hydrogen-bond acceptors (Lipinski definition) is 5. The highest BCUT2D eigenvalue weighted by atomic mass is 16.2. The maximum atomic E-state index is 12.4. The van der Waals surface area contributed by atoms with Gasteiger partial charge in [-0.05, 0) is 26.0 Å². The van der Waals surface area contributed by atoms with Crippen LogP contribution in [0.1, 0.15) is 13.8 Å². The van der Waals surface area contributed by atoms with Crippen molar-refractivity contribution in [3.8, 4) is 0 Å². The number of benzene rings is 1. The zero-order valence-corrected chi connectivity index (χ0v) is 14.4. The van der Waals surface area contributed by atoms with Crippen molar-refractivity contribution in [2.24, 2.45) is 0 Å². The fraction of sp³-hybridized carbons (Fsp3) is 0.412. The minimum absolute atomic E-state index is 0.229. The standard InChI is InChI=1S/C17H21N5O3/c1-3-19(4-2)14(23)12-22-16(25)15(24)21-11-10-20(17(21)18-22)13-8-6-5-7-9-13/h5-9H,3-4,10-12H2,1-2H3.